The predicted octanol–water partition coefficient (Wildman–Crippen LogP) is 5.87. The van der Waals surface area contributed by atoms with Crippen molar-refractivity contribution in [2.75, 3.05) is 13.2 Å². The number of nitrogens with zero attached hydrogens (tertiary/aromatic N) is 1. The molecule has 0 saturated heterocycles. The Morgan fingerprint density at radius 1 is 1.07 bits per heavy atom. The van der Waals surface area contributed by atoms with E-state index in [0.29, 0.717) is 24.0 Å². The molecule has 0 aliphatic heterocycles. The van der Waals surface area contributed by atoms with Gasteiger partial charge in [-0.3, -0.25) is 0 Å². The molecular weight excluding hydrogens is 334 g/mol. The average molecular weight is 368 g/mol. The summed E-state index contributed by atoms with van der Waals surface area (Å²) in [4.78, 5) is 5.41. The van der Waals surface area contributed by atoms with E-state index in [1.54, 1.807) is 5.57 Å². The second kappa shape index (κ2) is 7.33. The van der Waals surface area contributed by atoms with E-state index in [1.807, 2.05) is 36.5 Å². The minimum Gasteiger partial charge on any atom is -0.490 e. The molecule has 3 aliphatic carbocycles. The van der Waals surface area contributed by atoms with Crippen molar-refractivity contribution in [1.29, 1.82) is 0 Å². The van der Waals surface area contributed by atoms with E-state index in [4.69, 9.17) is 9.57 Å². The molecule has 3 nitrogen and oxygen atoms in total. The van der Waals surface area contributed by atoms with E-state index in [2.05, 4.69) is 32.0 Å². The molecule has 0 aromatic heterocycles. The third kappa shape index (κ3) is 3.41. The molecule has 0 N–H and O–H groups in total. The number of hydrogen-bond acceptors (Lipinski definition) is 3. The molecule has 1 aromatic rings. The first-order valence-electron chi connectivity index (χ1n) is 10.6. The fourth-order valence-corrected chi connectivity index (χ4v) is 6.43. The number of rotatable bonds is 6. The van der Waals surface area contributed by atoms with Crippen LogP contribution in [0.25, 0.3) is 0 Å². The van der Waals surface area contributed by atoms with Crippen molar-refractivity contribution in [3.63, 3.8) is 0 Å². The van der Waals surface area contributed by atoms with Crippen molar-refractivity contribution < 1.29 is 9.57 Å². The van der Waals surface area contributed by atoms with Crippen LogP contribution < -0.4 is 4.74 Å². The number of para-hydroxylation sites is 1. The highest BCUT2D eigenvalue weighted by atomic mass is 16.6. The number of benzene rings is 1. The van der Waals surface area contributed by atoms with Crippen LogP contribution >= 0.6 is 0 Å². The van der Waals surface area contributed by atoms with E-state index >= 15 is 0 Å². The van der Waals surface area contributed by atoms with Crippen LogP contribution in [0.5, 0.6) is 5.75 Å². The molecule has 0 radical (unpaired) electrons. The van der Waals surface area contributed by atoms with Crippen LogP contribution in [0.1, 0.15) is 52.9 Å². The monoisotopic (exact) mass is 367 g/mol. The summed E-state index contributed by atoms with van der Waals surface area (Å²) in [6, 6.07) is 9.82. The van der Waals surface area contributed by atoms with Gasteiger partial charge >= 0.3 is 0 Å². The van der Waals surface area contributed by atoms with Crippen molar-refractivity contribution >= 4 is 6.21 Å². The number of ether oxygens (including phenoxy) is 1. The largest absolute Gasteiger partial charge is 0.490 e. The summed E-state index contributed by atoms with van der Waals surface area (Å²) in [5.41, 5.74) is 2.50. The lowest BCUT2D eigenvalue weighted by Gasteiger charge is -2.36. The molecule has 0 amide bonds. The molecule has 0 heterocycles. The van der Waals surface area contributed by atoms with Crippen molar-refractivity contribution in [1.82, 2.24) is 0 Å². The molecule has 0 spiro atoms. The van der Waals surface area contributed by atoms with Crippen molar-refractivity contribution in [2.45, 2.75) is 52.9 Å². The van der Waals surface area contributed by atoms with Gasteiger partial charge in [0, 0.05) is 0 Å². The zero-order chi connectivity index (χ0) is 18.9. The molecule has 3 aliphatic rings. The SMILES string of the molecule is CC1(C)CCC[C@]2(C)/C(=C\C=N\OCCOc3ccccc3)[C@H]3CC[C@@H]2[C@H]31. The first-order chi connectivity index (χ1) is 13.0. The minimum atomic E-state index is 0.379. The van der Waals surface area contributed by atoms with Gasteiger partial charge in [-0.05, 0) is 72.5 Å². The summed E-state index contributed by atoms with van der Waals surface area (Å²) in [5.74, 6) is 3.33. The van der Waals surface area contributed by atoms with Crippen LogP contribution in [0.2, 0.25) is 0 Å². The zero-order valence-electron chi connectivity index (χ0n) is 17.0. The van der Waals surface area contributed by atoms with E-state index in [9.17, 15) is 0 Å². The summed E-state index contributed by atoms with van der Waals surface area (Å²) in [7, 11) is 0. The van der Waals surface area contributed by atoms with Crippen LogP contribution in [-0.4, -0.2) is 19.4 Å². The van der Waals surface area contributed by atoms with E-state index in [0.717, 1.165) is 23.5 Å². The first kappa shape index (κ1) is 18.6. The molecule has 0 unspecified atom stereocenters. The molecule has 3 saturated carbocycles. The predicted molar refractivity (Wildman–Crippen MR) is 110 cm³/mol. The highest BCUT2D eigenvalue weighted by molar-refractivity contribution is 5.72. The van der Waals surface area contributed by atoms with Crippen molar-refractivity contribution in [2.24, 2.45) is 33.7 Å². The Morgan fingerprint density at radius 2 is 1.89 bits per heavy atom. The number of hydrogen-bond donors (Lipinski definition) is 0. The van der Waals surface area contributed by atoms with Gasteiger partial charge in [0.05, 0.1) is 6.21 Å². The van der Waals surface area contributed by atoms with Gasteiger partial charge in [0.15, 0.2) is 6.61 Å². The van der Waals surface area contributed by atoms with Crippen LogP contribution in [-0.2, 0) is 4.84 Å². The van der Waals surface area contributed by atoms with Crippen LogP contribution in [0.4, 0.5) is 0 Å². The maximum absolute atomic E-state index is 5.62. The Balaban J connectivity index is 1.34. The molecule has 4 rings (SSSR count). The van der Waals surface area contributed by atoms with Crippen LogP contribution in [0.3, 0.4) is 0 Å². The Hall–Kier alpha value is -1.77. The quantitative estimate of drug-likeness (QED) is 0.358. The summed E-state index contributed by atoms with van der Waals surface area (Å²) in [6.45, 7) is 8.49. The van der Waals surface area contributed by atoms with Crippen molar-refractivity contribution in [3.8, 4) is 5.75 Å². The lowest BCUT2D eigenvalue weighted by molar-refractivity contribution is 0.108. The second-order valence-corrected chi connectivity index (χ2v) is 9.45. The van der Waals surface area contributed by atoms with Gasteiger partial charge in [0.2, 0.25) is 0 Å². The molecule has 146 valence electrons. The van der Waals surface area contributed by atoms with E-state index in [-0.39, 0.29) is 0 Å². The van der Waals surface area contributed by atoms with Gasteiger partial charge < -0.3 is 9.57 Å². The second-order valence-electron chi connectivity index (χ2n) is 9.45. The smallest absolute Gasteiger partial charge is 0.151 e. The highest BCUT2D eigenvalue weighted by Crippen LogP contribution is 2.70. The van der Waals surface area contributed by atoms with Gasteiger partial charge in [-0.25, -0.2) is 0 Å². The fourth-order valence-electron chi connectivity index (χ4n) is 6.43. The molecule has 4 bridgehead atoms. The first-order valence-corrected chi connectivity index (χ1v) is 10.6. The van der Waals surface area contributed by atoms with Gasteiger partial charge in [0.1, 0.15) is 12.4 Å². The standard InChI is InChI=1S/C24H33NO2/c1-23(2)13-7-14-24(3)20(19-10-11-21(24)22(19)23)12-15-25-27-17-16-26-18-8-5-4-6-9-18/h4-6,8-9,12,15,19,21-22H,7,10-11,13-14,16-17H2,1-3H3/b20-12-,25-15+/t19-,21-,22+,24-/m1/s1. The maximum atomic E-state index is 5.62. The van der Waals surface area contributed by atoms with Gasteiger partial charge in [0.25, 0.3) is 0 Å². The van der Waals surface area contributed by atoms with E-state index < -0.39 is 0 Å². The summed E-state index contributed by atoms with van der Waals surface area (Å²) in [6.07, 6.45) is 11.0. The highest BCUT2D eigenvalue weighted by Gasteiger charge is 2.62. The van der Waals surface area contributed by atoms with Crippen LogP contribution in [0.15, 0.2) is 47.1 Å². The Morgan fingerprint density at radius 3 is 2.70 bits per heavy atom. The third-order valence-corrected chi connectivity index (χ3v) is 7.53. The molecule has 1 aromatic carbocycles. The topological polar surface area (TPSA) is 30.8 Å². The molecular formula is C24H33NO2. The molecule has 4 atom stereocenters. The Kier molecular flexibility index (Phi) is 5.05. The molecule has 27 heavy (non-hydrogen) atoms. The van der Waals surface area contributed by atoms with Crippen molar-refractivity contribution in [3.05, 3.63) is 42.0 Å². The summed E-state index contributed by atoms with van der Waals surface area (Å²) >= 11 is 0. The summed E-state index contributed by atoms with van der Waals surface area (Å²) in [5, 5.41) is 4.17. The zero-order valence-corrected chi connectivity index (χ0v) is 17.0. The fraction of sp³-hybridized carbons (Fsp3) is 0.625. The number of oxime groups is 1. The molecule has 3 heteroatoms. The minimum absolute atomic E-state index is 0.379. The lowest BCUT2D eigenvalue weighted by Crippen LogP contribution is -2.28. The van der Waals surface area contributed by atoms with Gasteiger partial charge in [-0.2, -0.15) is 0 Å². The molecule has 3 fully saturated rings. The number of allylic oxidation sites excluding steroid dienone is 2. The third-order valence-electron chi connectivity index (χ3n) is 7.53. The van der Waals surface area contributed by atoms with Gasteiger partial charge in [-0.1, -0.05) is 56.1 Å². The lowest BCUT2D eigenvalue weighted by atomic mass is 9.68. The van der Waals surface area contributed by atoms with Crippen LogP contribution in [0, 0.1) is 28.6 Å². The Bertz CT molecular complexity index is 708. The summed E-state index contributed by atoms with van der Waals surface area (Å²) < 4.78 is 5.62. The van der Waals surface area contributed by atoms with Gasteiger partial charge in [-0.15, -0.1) is 0 Å². The normalized spacial score (nSPS) is 35.5. The Labute approximate surface area is 163 Å². The maximum Gasteiger partial charge on any atom is 0.151 e. The average Bonchev–Trinajstić information content (AvgIpc) is 3.15. The van der Waals surface area contributed by atoms with E-state index in [1.165, 1.54) is 32.1 Å².